The number of halogens is 2. The van der Waals surface area contributed by atoms with Gasteiger partial charge in [-0.15, -0.1) is 24.8 Å². The fourth-order valence-electron chi connectivity index (χ4n) is 5.28. The molecule has 28 heavy (non-hydrogen) atoms. The SMILES string of the molecule is Cl.Cl.O=C(CCc1ccc(O)cc1)NC[C@H]1[C@@H]2CNC[C@@H](C2)[C@@H]2CCCCN21. The number of fused-ring (bicyclic) bond motifs is 4. The molecule has 3 aliphatic rings. The minimum Gasteiger partial charge on any atom is -0.508 e. The Balaban J connectivity index is 0.00000140. The summed E-state index contributed by atoms with van der Waals surface area (Å²) in [6.45, 7) is 4.24. The highest BCUT2D eigenvalue weighted by Gasteiger charge is 2.45. The first-order valence-electron chi connectivity index (χ1n) is 10.2. The quantitative estimate of drug-likeness (QED) is 0.672. The molecule has 3 saturated heterocycles. The highest BCUT2D eigenvalue weighted by molar-refractivity contribution is 5.85. The molecule has 4 rings (SSSR count). The van der Waals surface area contributed by atoms with E-state index in [0.29, 0.717) is 24.4 Å². The van der Waals surface area contributed by atoms with Gasteiger partial charge in [0.15, 0.2) is 0 Å². The van der Waals surface area contributed by atoms with Crippen LogP contribution in [-0.4, -0.2) is 54.2 Å². The molecule has 5 nitrogen and oxygen atoms in total. The van der Waals surface area contributed by atoms with E-state index in [2.05, 4.69) is 15.5 Å². The van der Waals surface area contributed by atoms with Crippen molar-refractivity contribution < 1.29 is 9.90 Å². The number of aryl methyl sites for hydroxylation is 1. The van der Waals surface area contributed by atoms with Gasteiger partial charge in [0.2, 0.25) is 5.91 Å². The van der Waals surface area contributed by atoms with Crippen molar-refractivity contribution in [3.8, 4) is 5.75 Å². The number of rotatable bonds is 5. The molecule has 7 heteroatoms. The Morgan fingerprint density at radius 1 is 1.14 bits per heavy atom. The number of carbonyl (C=O) groups excluding carboxylic acids is 1. The summed E-state index contributed by atoms with van der Waals surface area (Å²) in [5, 5.41) is 16.2. The lowest BCUT2D eigenvalue weighted by atomic mass is 9.73. The van der Waals surface area contributed by atoms with Crippen molar-refractivity contribution in [3.63, 3.8) is 0 Å². The van der Waals surface area contributed by atoms with Gasteiger partial charge in [0.1, 0.15) is 5.75 Å². The van der Waals surface area contributed by atoms with Crippen molar-refractivity contribution in [3.05, 3.63) is 29.8 Å². The van der Waals surface area contributed by atoms with Crippen molar-refractivity contribution >= 4 is 30.7 Å². The lowest BCUT2D eigenvalue weighted by molar-refractivity contribution is -0.122. The molecule has 0 aliphatic carbocycles. The van der Waals surface area contributed by atoms with Crippen molar-refractivity contribution in [2.75, 3.05) is 26.2 Å². The number of phenolic OH excluding ortho intramolecular Hbond substituents is 1. The molecule has 3 N–H and O–H groups in total. The Kier molecular flexibility index (Phi) is 8.87. The average molecular weight is 430 g/mol. The monoisotopic (exact) mass is 429 g/mol. The summed E-state index contributed by atoms with van der Waals surface area (Å²) in [6.07, 6.45) is 6.53. The van der Waals surface area contributed by atoms with Gasteiger partial charge in [0, 0.05) is 25.0 Å². The van der Waals surface area contributed by atoms with E-state index in [1.54, 1.807) is 12.1 Å². The molecule has 4 atom stereocenters. The van der Waals surface area contributed by atoms with Crippen LogP contribution >= 0.6 is 24.8 Å². The molecule has 1 aromatic carbocycles. The third-order valence-electron chi connectivity index (χ3n) is 6.61. The maximum absolute atomic E-state index is 12.4. The molecule has 3 aliphatic heterocycles. The van der Waals surface area contributed by atoms with Gasteiger partial charge < -0.3 is 15.7 Å². The van der Waals surface area contributed by atoms with E-state index in [4.69, 9.17) is 0 Å². The van der Waals surface area contributed by atoms with Crippen molar-refractivity contribution in [1.29, 1.82) is 0 Å². The first-order chi connectivity index (χ1) is 12.7. The van der Waals surface area contributed by atoms with Gasteiger partial charge >= 0.3 is 0 Å². The number of phenols is 1. The number of nitrogens with one attached hydrogen (secondary N) is 2. The molecule has 158 valence electrons. The van der Waals surface area contributed by atoms with Crippen molar-refractivity contribution in [2.24, 2.45) is 11.8 Å². The Morgan fingerprint density at radius 2 is 1.89 bits per heavy atom. The molecule has 0 saturated carbocycles. The maximum atomic E-state index is 12.4. The average Bonchev–Trinajstić information content (AvgIpc) is 2.68. The predicted molar refractivity (Wildman–Crippen MR) is 117 cm³/mol. The summed E-state index contributed by atoms with van der Waals surface area (Å²) in [5.41, 5.74) is 1.09. The summed E-state index contributed by atoms with van der Waals surface area (Å²) in [6, 6.07) is 8.33. The number of nitrogens with zero attached hydrogens (tertiary/aromatic N) is 1. The smallest absolute Gasteiger partial charge is 0.220 e. The number of aromatic hydroxyl groups is 1. The lowest BCUT2D eigenvalue weighted by Crippen LogP contribution is -2.65. The second-order valence-corrected chi connectivity index (χ2v) is 8.25. The standard InChI is InChI=1S/C21H31N3O2.2ClH/c25-18-7-4-15(5-8-18)6-9-21(26)23-14-20-17-11-16(12-22-13-17)19-3-1-2-10-24(19)20;;/h4-5,7-8,16-17,19-20,22,25H,1-3,6,9-14H2,(H,23,26);2*1H/t16-,17+,19+,20+;;/m1../s1. The number of carbonyl (C=O) groups is 1. The molecule has 3 fully saturated rings. The fourth-order valence-corrected chi connectivity index (χ4v) is 5.28. The van der Waals surface area contributed by atoms with E-state index in [9.17, 15) is 9.90 Å². The zero-order valence-corrected chi connectivity index (χ0v) is 17.9. The molecule has 1 aromatic rings. The summed E-state index contributed by atoms with van der Waals surface area (Å²) in [5.74, 6) is 1.87. The van der Waals surface area contributed by atoms with E-state index in [1.165, 1.54) is 38.8 Å². The Bertz CT molecular complexity index is 629. The molecular formula is C21H33Cl2N3O2. The minimum atomic E-state index is 0. The molecule has 2 bridgehead atoms. The van der Waals surface area contributed by atoms with Gasteiger partial charge in [-0.25, -0.2) is 0 Å². The summed E-state index contributed by atoms with van der Waals surface area (Å²) < 4.78 is 0. The van der Waals surface area contributed by atoms with Crippen LogP contribution in [0.1, 0.15) is 37.7 Å². The zero-order chi connectivity index (χ0) is 17.9. The van der Waals surface area contributed by atoms with Crippen LogP contribution in [0.25, 0.3) is 0 Å². The molecule has 0 aromatic heterocycles. The zero-order valence-electron chi connectivity index (χ0n) is 16.3. The van der Waals surface area contributed by atoms with Gasteiger partial charge in [-0.2, -0.15) is 0 Å². The van der Waals surface area contributed by atoms with Gasteiger partial charge in [-0.05, 0) is 74.8 Å². The molecule has 0 spiro atoms. The third kappa shape index (κ3) is 5.32. The van der Waals surface area contributed by atoms with Gasteiger partial charge in [-0.1, -0.05) is 18.6 Å². The molecular weight excluding hydrogens is 397 g/mol. The van der Waals surface area contributed by atoms with Gasteiger partial charge in [-0.3, -0.25) is 9.69 Å². The highest BCUT2D eigenvalue weighted by Crippen LogP contribution is 2.38. The predicted octanol–water partition coefficient (Wildman–Crippen LogP) is 2.75. The Labute approximate surface area is 180 Å². The van der Waals surface area contributed by atoms with E-state index < -0.39 is 0 Å². The van der Waals surface area contributed by atoms with Crippen LogP contribution in [0.15, 0.2) is 24.3 Å². The van der Waals surface area contributed by atoms with E-state index in [-0.39, 0.29) is 36.5 Å². The number of piperidine rings is 3. The Morgan fingerprint density at radius 3 is 2.68 bits per heavy atom. The second kappa shape index (κ2) is 10.7. The maximum Gasteiger partial charge on any atom is 0.220 e. The van der Waals surface area contributed by atoms with Crippen LogP contribution < -0.4 is 10.6 Å². The number of benzene rings is 1. The molecule has 1 amide bonds. The van der Waals surface area contributed by atoms with Gasteiger partial charge in [0.05, 0.1) is 0 Å². The van der Waals surface area contributed by atoms with Crippen LogP contribution in [0.2, 0.25) is 0 Å². The lowest BCUT2D eigenvalue weighted by Gasteiger charge is -2.55. The summed E-state index contributed by atoms with van der Waals surface area (Å²) in [4.78, 5) is 15.1. The number of hydrogen-bond acceptors (Lipinski definition) is 4. The first kappa shape index (κ1) is 23.3. The van der Waals surface area contributed by atoms with Crippen LogP contribution in [0.5, 0.6) is 5.75 Å². The number of amides is 1. The molecule has 0 unspecified atom stereocenters. The Hall–Kier alpha value is -1.01. The largest absolute Gasteiger partial charge is 0.508 e. The fraction of sp³-hybridized carbons (Fsp3) is 0.667. The highest BCUT2D eigenvalue weighted by atomic mass is 35.5. The van der Waals surface area contributed by atoms with Crippen LogP contribution in [0.3, 0.4) is 0 Å². The van der Waals surface area contributed by atoms with Crippen LogP contribution in [-0.2, 0) is 11.2 Å². The van der Waals surface area contributed by atoms with Crippen LogP contribution in [0.4, 0.5) is 0 Å². The van der Waals surface area contributed by atoms with Crippen molar-refractivity contribution in [2.45, 2.75) is 50.6 Å². The summed E-state index contributed by atoms with van der Waals surface area (Å²) in [7, 11) is 0. The second-order valence-electron chi connectivity index (χ2n) is 8.25. The first-order valence-corrected chi connectivity index (χ1v) is 10.2. The van der Waals surface area contributed by atoms with E-state index in [1.807, 2.05) is 12.1 Å². The minimum absolute atomic E-state index is 0. The summed E-state index contributed by atoms with van der Waals surface area (Å²) >= 11 is 0. The van der Waals surface area contributed by atoms with Gasteiger partial charge in [0.25, 0.3) is 0 Å². The van der Waals surface area contributed by atoms with E-state index in [0.717, 1.165) is 31.0 Å². The topological polar surface area (TPSA) is 64.6 Å². The third-order valence-corrected chi connectivity index (χ3v) is 6.61. The van der Waals surface area contributed by atoms with Crippen molar-refractivity contribution in [1.82, 2.24) is 15.5 Å². The molecule has 3 heterocycles. The van der Waals surface area contributed by atoms with Crippen LogP contribution in [0, 0.1) is 11.8 Å². The van der Waals surface area contributed by atoms with E-state index >= 15 is 0 Å². The molecule has 0 radical (unpaired) electrons. The normalized spacial score (nSPS) is 29.0. The number of hydrogen-bond donors (Lipinski definition) is 3.